The van der Waals surface area contributed by atoms with Gasteiger partial charge < -0.3 is 4.90 Å². The predicted molar refractivity (Wildman–Crippen MR) is 121 cm³/mol. The molecule has 3 aliphatic heterocycles. The first-order valence-electron chi connectivity index (χ1n) is 11.7. The van der Waals surface area contributed by atoms with E-state index < -0.39 is 12.7 Å². The van der Waals surface area contributed by atoms with Gasteiger partial charge in [0.25, 0.3) is 5.91 Å². The van der Waals surface area contributed by atoms with Gasteiger partial charge in [0.2, 0.25) is 11.8 Å². The number of alkyl halides is 1. The topological polar surface area (TPSA) is 69.7 Å². The molecule has 3 heterocycles. The molecule has 0 radical (unpaired) electrons. The van der Waals surface area contributed by atoms with Crippen LogP contribution in [0.5, 0.6) is 0 Å². The van der Waals surface area contributed by atoms with Crippen molar-refractivity contribution in [2.75, 3.05) is 13.1 Å². The van der Waals surface area contributed by atoms with E-state index >= 15 is 0 Å². The molecule has 3 aliphatic rings. The predicted octanol–water partition coefficient (Wildman–Crippen LogP) is 3.30. The smallest absolute Gasteiger partial charge is 0.255 e. The van der Waals surface area contributed by atoms with Gasteiger partial charge in [-0.2, -0.15) is 0 Å². The molecular weight excluding hydrogens is 421 g/mol. The van der Waals surface area contributed by atoms with Gasteiger partial charge in [0, 0.05) is 25.1 Å². The molecule has 0 aromatic heterocycles. The van der Waals surface area contributed by atoms with Crippen LogP contribution in [0.15, 0.2) is 42.5 Å². The third-order valence-electron chi connectivity index (χ3n) is 7.19. The molecule has 1 atom stereocenters. The lowest BCUT2D eigenvalue weighted by molar-refractivity contribution is -0.136. The van der Waals surface area contributed by atoms with Crippen LogP contribution in [0.3, 0.4) is 0 Å². The number of nitrogens with one attached hydrogen (secondary N) is 1. The van der Waals surface area contributed by atoms with Crippen LogP contribution in [-0.2, 0) is 29.4 Å². The first-order chi connectivity index (χ1) is 16.0. The minimum atomic E-state index is -0.576. The summed E-state index contributed by atoms with van der Waals surface area (Å²) < 4.78 is 12.7. The number of halogens is 1. The normalized spacial score (nSPS) is 21.9. The maximum Gasteiger partial charge on any atom is 0.255 e. The van der Waals surface area contributed by atoms with Crippen molar-refractivity contribution in [2.24, 2.45) is 0 Å². The van der Waals surface area contributed by atoms with Crippen molar-refractivity contribution >= 4 is 17.7 Å². The summed E-state index contributed by atoms with van der Waals surface area (Å²) in [6, 6.07) is 13.2. The fraction of sp³-hybridized carbons (Fsp3) is 0.423. The van der Waals surface area contributed by atoms with Crippen molar-refractivity contribution in [3.63, 3.8) is 0 Å². The minimum Gasteiger partial charge on any atom is -0.322 e. The van der Waals surface area contributed by atoms with Gasteiger partial charge in [0.05, 0.1) is 0 Å². The van der Waals surface area contributed by atoms with Crippen LogP contribution < -0.4 is 5.32 Å². The Labute approximate surface area is 192 Å². The van der Waals surface area contributed by atoms with Crippen LogP contribution in [0, 0.1) is 0 Å². The number of hydrogen-bond acceptors (Lipinski definition) is 4. The van der Waals surface area contributed by atoms with E-state index in [1.165, 1.54) is 11.1 Å². The monoisotopic (exact) mass is 449 g/mol. The van der Waals surface area contributed by atoms with Gasteiger partial charge in [0.15, 0.2) is 0 Å². The Balaban J connectivity index is 1.21. The lowest BCUT2D eigenvalue weighted by Crippen LogP contribution is -2.52. The fourth-order valence-corrected chi connectivity index (χ4v) is 5.26. The van der Waals surface area contributed by atoms with Gasteiger partial charge in [-0.1, -0.05) is 36.4 Å². The first-order valence-corrected chi connectivity index (χ1v) is 11.7. The van der Waals surface area contributed by atoms with Gasteiger partial charge in [-0.15, -0.1) is 0 Å². The SMILES string of the molecule is O=C1CCC(N2Cc3cc(C4CCN(Cc5ccc(CF)cc5)CC4)ccc3C2=O)C(=O)N1. The number of nitrogens with zero attached hydrogens (tertiary/aromatic N) is 2. The first kappa shape index (κ1) is 21.8. The highest BCUT2D eigenvalue weighted by Gasteiger charge is 2.39. The molecule has 3 amide bonds. The Hall–Kier alpha value is -3.06. The zero-order valence-electron chi connectivity index (χ0n) is 18.6. The zero-order valence-corrected chi connectivity index (χ0v) is 18.6. The number of piperidine rings is 2. The zero-order chi connectivity index (χ0) is 22.9. The molecule has 5 rings (SSSR count). The Morgan fingerprint density at radius 1 is 0.939 bits per heavy atom. The maximum atomic E-state index is 12.9. The second-order valence-corrected chi connectivity index (χ2v) is 9.32. The molecule has 2 aromatic rings. The number of fused-ring (bicyclic) bond motifs is 1. The highest BCUT2D eigenvalue weighted by molar-refractivity contribution is 6.05. The molecule has 1 N–H and O–H groups in total. The Bertz CT molecular complexity index is 1080. The second kappa shape index (κ2) is 9.06. The molecule has 0 saturated carbocycles. The van der Waals surface area contributed by atoms with Crippen molar-refractivity contribution < 1.29 is 18.8 Å². The van der Waals surface area contributed by atoms with Gasteiger partial charge in [-0.25, -0.2) is 4.39 Å². The van der Waals surface area contributed by atoms with Crippen LogP contribution in [0.4, 0.5) is 4.39 Å². The minimum absolute atomic E-state index is 0.125. The van der Waals surface area contributed by atoms with E-state index in [2.05, 4.69) is 22.3 Å². The summed E-state index contributed by atoms with van der Waals surface area (Å²) in [5.41, 5.74) is 4.80. The molecule has 172 valence electrons. The van der Waals surface area contributed by atoms with Gasteiger partial charge in [-0.3, -0.25) is 24.6 Å². The molecule has 1 unspecified atom stereocenters. The van der Waals surface area contributed by atoms with Crippen LogP contribution >= 0.6 is 0 Å². The van der Waals surface area contributed by atoms with Crippen LogP contribution in [-0.4, -0.2) is 46.7 Å². The number of carbonyl (C=O) groups excluding carboxylic acids is 3. The standard InChI is InChI=1S/C26H28FN3O3/c27-14-17-1-3-18(4-2-17)15-29-11-9-19(10-12-29)20-5-6-22-21(13-20)16-30(26(22)33)23-7-8-24(31)28-25(23)32/h1-6,13,19,23H,7-12,14-16H2,(H,28,31,32). The van der Waals surface area contributed by atoms with Gasteiger partial charge in [-0.05, 0) is 66.6 Å². The van der Waals surface area contributed by atoms with E-state index in [9.17, 15) is 18.8 Å². The van der Waals surface area contributed by atoms with Crippen LogP contribution in [0.25, 0.3) is 0 Å². The quantitative estimate of drug-likeness (QED) is 0.712. The number of rotatable bonds is 5. The summed E-state index contributed by atoms with van der Waals surface area (Å²) in [6.45, 7) is 2.85. The van der Waals surface area contributed by atoms with Crippen LogP contribution in [0.2, 0.25) is 0 Å². The van der Waals surface area contributed by atoms with E-state index in [1.807, 2.05) is 30.3 Å². The molecule has 0 bridgehead atoms. The number of hydrogen-bond donors (Lipinski definition) is 1. The summed E-state index contributed by atoms with van der Waals surface area (Å²) >= 11 is 0. The van der Waals surface area contributed by atoms with Gasteiger partial charge in [0.1, 0.15) is 12.7 Å². The van der Waals surface area contributed by atoms with E-state index in [1.54, 1.807) is 4.90 Å². The highest BCUT2D eigenvalue weighted by Crippen LogP contribution is 2.34. The maximum absolute atomic E-state index is 12.9. The molecule has 6 nitrogen and oxygen atoms in total. The summed E-state index contributed by atoms with van der Waals surface area (Å²) in [4.78, 5) is 40.6. The molecule has 2 fully saturated rings. The number of imide groups is 1. The van der Waals surface area contributed by atoms with E-state index in [0.29, 0.717) is 30.0 Å². The van der Waals surface area contributed by atoms with Gasteiger partial charge >= 0.3 is 0 Å². The average Bonchev–Trinajstić information content (AvgIpc) is 3.15. The number of likely N-dealkylation sites (tertiary alicyclic amines) is 1. The lowest BCUT2D eigenvalue weighted by Gasteiger charge is -2.32. The Morgan fingerprint density at radius 2 is 1.67 bits per heavy atom. The molecule has 2 saturated heterocycles. The molecule has 0 spiro atoms. The van der Waals surface area contributed by atoms with E-state index in [0.717, 1.165) is 38.0 Å². The highest BCUT2D eigenvalue weighted by atomic mass is 19.1. The Kier molecular flexibility index (Phi) is 5.98. The second-order valence-electron chi connectivity index (χ2n) is 9.32. The molecular formula is C26H28FN3O3. The van der Waals surface area contributed by atoms with Crippen molar-refractivity contribution in [1.29, 1.82) is 0 Å². The van der Waals surface area contributed by atoms with E-state index in [4.69, 9.17) is 0 Å². The number of carbonyl (C=O) groups is 3. The number of benzene rings is 2. The van der Waals surface area contributed by atoms with E-state index in [-0.39, 0.29) is 24.1 Å². The van der Waals surface area contributed by atoms with Crippen molar-refractivity contribution in [2.45, 2.75) is 57.4 Å². The summed E-state index contributed by atoms with van der Waals surface area (Å²) in [7, 11) is 0. The molecule has 7 heteroatoms. The largest absolute Gasteiger partial charge is 0.322 e. The third kappa shape index (κ3) is 4.42. The summed E-state index contributed by atoms with van der Waals surface area (Å²) in [5.74, 6) is -0.329. The lowest BCUT2D eigenvalue weighted by atomic mass is 9.87. The van der Waals surface area contributed by atoms with Crippen molar-refractivity contribution in [3.05, 3.63) is 70.3 Å². The van der Waals surface area contributed by atoms with Crippen molar-refractivity contribution in [1.82, 2.24) is 15.1 Å². The molecule has 2 aromatic carbocycles. The summed E-state index contributed by atoms with van der Waals surface area (Å²) in [6.07, 6.45) is 2.74. The molecule has 33 heavy (non-hydrogen) atoms. The van der Waals surface area contributed by atoms with Crippen LogP contribution in [0.1, 0.15) is 64.2 Å². The fourth-order valence-electron chi connectivity index (χ4n) is 5.26. The third-order valence-corrected chi connectivity index (χ3v) is 7.19. The summed E-state index contributed by atoms with van der Waals surface area (Å²) in [5, 5.41) is 2.35. The number of amides is 3. The molecule has 0 aliphatic carbocycles. The Morgan fingerprint density at radius 3 is 2.36 bits per heavy atom. The average molecular weight is 450 g/mol. The van der Waals surface area contributed by atoms with Crippen molar-refractivity contribution in [3.8, 4) is 0 Å².